The second-order valence-corrected chi connectivity index (χ2v) is 7.37. The van der Waals surface area contributed by atoms with Crippen LogP contribution in [0, 0.1) is 5.92 Å². The number of anilines is 1. The van der Waals surface area contributed by atoms with E-state index in [-0.39, 0.29) is 12.5 Å². The molecule has 3 amide bonds. The average Bonchev–Trinajstić information content (AvgIpc) is 2.68. The molecule has 3 N–H and O–H groups in total. The molecule has 0 saturated carbocycles. The highest BCUT2D eigenvalue weighted by molar-refractivity contribution is 6.31. The summed E-state index contributed by atoms with van der Waals surface area (Å²) in [4.78, 5) is 25.4. The van der Waals surface area contributed by atoms with Crippen molar-refractivity contribution >= 4 is 29.2 Å². The molecule has 0 unspecified atom stereocenters. The lowest BCUT2D eigenvalue weighted by atomic mass is 9.90. The zero-order valence-corrected chi connectivity index (χ0v) is 16.3. The van der Waals surface area contributed by atoms with Gasteiger partial charge in [0.15, 0.2) is 6.61 Å². The van der Waals surface area contributed by atoms with Crippen molar-refractivity contribution in [3.63, 3.8) is 0 Å². The molecule has 1 saturated heterocycles. The molecule has 1 aliphatic rings. The summed E-state index contributed by atoms with van der Waals surface area (Å²) in [6.07, 6.45) is 3.01. The monoisotopic (exact) mass is 401 g/mol. The fourth-order valence-corrected chi connectivity index (χ4v) is 3.60. The van der Waals surface area contributed by atoms with Gasteiger partial charge in [-0.25, -0.2) is 4.79 Å². The summed E-state index contributed by atoms with van der Waals surface area (Å²) in [5.74, 6) is 0.878. The standard InChI is InChI=1S/C21H24ClN3O3/c22-17-6-7-19(18(13-17)24-21(23)27)28-14-20(26)25-10-8-16(9-11-25)12-15-4-2-1-3-5-15/h1-7,13,16H,8-12,14H2,(H3,23,24,27). The normalized spacial score (nSPS) is 14.5. The van der Waals surface area contributed by atoms with E-state index in [9.17, 15) is 9.59 Å². The molecular formula is C21H24ClN3O3. The third-order valence-electron chi connectivity index (χ3n) is 4.89. The number of carbonyl (C=O) groups excluding carboxylic acids is 2. The van der Waals surface area contributed by atoms with Crippen LogP contribution in [-0.2, 0) is 11.2 Å². The smallest absolute Gasteiger partial charge is 0.316 e. The maximum atomic E-state index is 12.5. The first-order valence-electron chi connectivity index (χ1n) is 9.32. The number of urea groups is 1. The summed E-state index contributed by atoms with van der Waals surface area (Å²) < 4.78 is 5.61. The van der Waals surface area contributed by atoms with E-state index in [4.69, 9.17) is 22.1 Å². The summed E-state index contributed by atoms with van der Waals surface area (Å²) in [7, 11) is 0. The number of carbonyl (C=O) groups is 2. The lowest BCUT2D eigenvalue weighted by molar-refractivity contribution is -0.134. The van der Waals surface area contributed by atoms with Gasteiger partial charge in [-0.3, -0.25) is 4.79 Å². The van der Waals surface area contributed by atoms with Gasteiger partial charge in [-0.1, -0.05) is 41.9 Å². The van der Waals surface area contributed by atoms with E-state index in [0.29, 0.717) is 22.4 Å². The van der Waals surface area contributed by atoms with Gasteiger partial charge in [0.1, 0.15) is 5.75 Å². The zero-order valence-electron chi connectivity index (χ0n) is 15.6. The van der Waals surface area contributed by atoms with Crippen LogP contribution in [0.4, 0.5) is 10.5 Å². The van der Waals surface area contributed by atoms with Crippen molar-refractivity contribution in [1.29, 1.82) is 0 Å². The fourth-order valence-electron chi connectivity index (χ4n) is 3.42. The highest BCUT2D eigenvalue weighted by Crippen LogP contribution is 2.28. The number of amides is 3. The zero-order chi connectivity index (χ0) is 19.9. The number of halogens is 1. The van der Waals surface area contributed by atoms with Gasteiger partial charge in [0.05, 0.1) is 5.69 Å². The van der Waals surface area contributed by atoms with Crippen molar-refractivity contribution in [1.82, 2.24) is 4.90 Å². The second-order valence-electron chi connectivity index (χ2n) is 6.93. The molecule has 0 spiro atoms. The number of piperidine rings is 1. The third kappa shape index (κ3) is 5.63. The van der Waals surface area contributed by atoms with Gasteiger partial charge in [0.25, 0.3) is 5.91 Å². The van der Waals surface area contributed by atoms with Crippen molar-refractivity contribution in [2.24, 2.45) is 11.7 Å². The molecule has 148 valence electrons. The molecule has 0 atom stereocenters. The number of benzene rings is 2. The number of nitrogens with two attached hydrogens (primary N) is 1. The topological polar surface area (TPSA) is 84.7 Å². The van der Waals surface area contributed by atoms with Crippen LogP contribution in [0.25, 0.3) is 0 Å². The van der Waals surface area contributed by atoms with E-state index in [1.807, 2.05) is 11.0 Å². The van der Waals surface area contributed by atoms with Crippen LogP contribution in [-0.4, -0.2) is 36.5 Å². The van der Waals surface area contributed by atoms with Crippen LogP contribution < -0.4 is 15.8 Å². The van der Waals surface area contributed by atoms with Gasteiger partial charge in [0.2, 0.25) is 0 Å². The van der Waals surface area contributed by atoms with E-state index in [1.54, 1.807) is 12.1 Å². The summed E-state index contributed by atoms with van der Waals surface area (Å²) >= 11 is 5.93. The number of likely N-dealkylation sites (tertiary alicyclic amines) is 1. The number of hydrogen-bond donors (Lipinski definition) is 2. The van der Waals surface area contributed by atoms with Crippen LogP contribution in [0.1, 0.15) is 18.4 Å². The highest BCUT2D eigenvalue weighted by Gasteiger charge is 2.23. The maximum Gasteiger partial charge on any atom is 0.316 e. The van der Waals surface area contributed by atoms with Gasteiger partial charge in [-0.05, 0) is 48.9 Å². The first-order valence-corrected chi connectivity index (χ1v) is 9.69. The first-order chi connectivity index (χ1) is 13.5. The van der Waals surface area contributed by atoms with Gasteiger partial charge in [-0.2, -0.15) is 0 Å². The quantitative estimate of drug-likeness (QED) is 0.774. The minimum atomic E-state index is -0.723. The van der Waals surface area contributed by atoms with Crippen LogP contribution in [0.2, 0.25) is 5.02 Å². The number of primary amides is 1. The van der Waals surface area contributed by atoms with Gasteiger partial charge < -0.3 is 20.7 Å². The Bertz CT molecular complexity index is 821. The Labute approximate surface area is 169 Å². The molecule has 0 bridgehead atoms. The van der Waals surface area contributed by atoms with E-state index in [2.05, 4.69) is 29.6 Å². The molecule has 2 aromatic carbocycles. The molecule has 6 nitrogen and oxygen atoms in total. The summed E-state index contributed by atoms with van der Waals surface area (Å²) in [6.45, 7) is 1.36. The summed E-state index contributed by atoms with van der Waals surface area (Å²) in [5, 5.41) is 2.88. The van der Waals surface area contributed by atoms with Gasteiger partial charge in [0, 0.05) is 18.1 Å². The molecule has 3 rings (SSSR count). The number of nitrogens with zero attached hydrogens (tertiary/aromatic N) is 1. The predicted molar refractivity (Wildman–Crippen MR) is 110 cm³/mol. The van der Waals surface area contributed by atoms with Gasteiger partial charge in [-0.15, -0.1) is 0 Å². The lowest BCUT2D eigenvalue weighted by Crippen LogP contribution is -2.41. The van der Waals surface area contributed by atoms with Crippen LogP contribution in [0.3, 0.4) is 0 Å². The van der Waals surface area contributed by atoms with Crippen molar-refractivity contribution in [2.75, 3.05) is 25.0 Å². The van der Waals surface area contributed by atoms with Crippen molar-refractivity contribution in [3.05, 3.63) is 59.1 Å². The molecule has 0 radical (unpaired) electrons. The van der Waals surface area contributed by atoms with E-state index >= 15 is 0 Å². The van der Waals surface area contributed by atoms with E-state index in [1.165, 1.54) is 11.6 Å². The van der Waals surface area contributed by atoms with Crippen molar-refractivity contribution in [2.45, 2.75) is 19.3 Å². The summed E-state index contributed by atoms with van der Waals surface area (Å²) in [5.41, 5.74) is 6.84. The van der Waals surface area contributed by atoms with Gasteiger partial charge >= 0.3 is 6.03 Å². The van der Waals surface area contributed by atoms with Crippen molar-refractivity contribution < 1.29 is 14.3 Å². The number of rotatable bonds is 6. The Morgan fingerprint density at radius 1 is 1.14 bits per heavy atom. The molecule has 0 aliphatic carbocycles. The minimum absolute atomic E-state index is 0.0712. The maximum absolute atomic E-state index is 12.5. The second kappa shape index (κ2) is 9.46. The Kier molecular flexibility index (Phi) is 6.76. The van der Waals surface area contributed by atoms with Crippen molar-refractivity contribution in [3.8, 4) is 5.75 Å². The molecule has 1 heterocycles. The molecule has 0 aromatic heterocycles. The molecule has 2 aromatic rings. The molecule has 28 heavy (non-hydrogen) atoms. The number of nitrogens with one attached hydrogen (secondary N) is 1. The molecule has 1 fully saturated rings. The average molecular weight is 402 g/mol. The Morgan fingerprint density at radius 3 is 2.54 bits per heavy atom. The van der Waals surface area contributed by atoms with Crippen LogP contribution in [0.15, 0.2) is 48.5 Å². The first kappa shape index (κ1) is 20.0. The number of ether oxygens (including phenoxy) is 1. The Balaban J connectivity index is 1.49. The number of hydrogen-bond acceptors (Lipinski definition) is 3. The highest BCUT2D eigenvalue weighted by atomic mass is 35.5. The molecular weight excluding hydrogens is 378 g/mol. The van der Waals surface area contributed by atoms with E-state index in [0.717, 1.165) is 32.4 Å². The fraction of sp³-hybridized carbons (Fsp3) is 0.333. The third-order valence-corrected chi connectivity index (χ3v) is 5.12. The predicted octanol–water partition coefficient (Wildman–Crippen LogP) is 3.69. The summed E-state index contributed by atoms with van der Waals surface area (Å²) in [6, 6.07) is 14.5. The molecule has 7 heteroatoms. The largest absolute Gasteiger partial charge is 0.482 e. The minimum Gasteiger partial charge on any atom is -0.482 e. The SMILES string of the molecule is NC(=O)Nc1cc(Cl)ccc1OCC(=O)N1CCC(Cc2ccccc2)CC1. The Morgan fingerprint density at radius 2 is 1.86 bits per heavy atom. The Hall–Kier alpha value is -2.73. The van der Waals surface area contributed by atoms with Crippen LogP contribution >= 0.6 is 11.6 Å². The lowest BCUT2D eigenvalue weighted by Gasteiger charge is -2.32. The molecule has 1 aliphatic heterocycles. The van der Waals surface area contributed by atoms with E-state index < -0.39 is 6.03 Å². The van der Waals surface area contributed by atoms with Crippen LogP contribution in [0.5, 0.6) is 5.75 Å².